The first-order valence-electron chi connectivity index (χ1n) is 9.10. The van der Waals surface area contributed by atoms with Gasteiger partial charge in [-0.3, -0.25) is 14.5 Å². The number of thioether (sulfide) groups is 1. The number of aromatic nitrogens is 1. The summed E-state index contributed by atoms with van der Waals surface area (Å²) in [6.07, 6.45) is 5.49. The molecule has 2 heterocycles. The monoisotopic (exact) mass is 400 g/mol. The number of nitrogens with zero attached hydrogens (tertiary/aromatic N) is 3. The molecule has 1 aliphatic heterocycles. The normalized spacial score (nSPS) is 15.1. The zero-order chi connectivity index (χ0) is 19.9. The van der Waals surface area contributed by atoms with Crippen molar-refractivity contribution in [3.05, 3.63) is 47.7 Å². The van der Waals surface area contributed by atoms with Crippen LogP contribution in [0, 0.1) is 6.92 Å². The molecule has 2 amide bonds. The fourth-order valence-corrected chi connectivity index (χ4v) is 3.33. The maximum Gasteiger partial charge on any atom is 0.246 e. The largest absolute Gasteiger partial charge is 0.360 e. The van der Waals surface area contributed by atoms with E-state index < -0.39 is 0 Å². The summed E-state index contributed by atoms with van der Waals surface area (Å²) in [6, 6.07) is 9.76. The molecule has 0 unspecified atom stereocenters. The summed E-state index contributed by atoms with van der Waals surface area (Å²) in [5, 5.41) is 6.46. The molecule has 8 heteroatoms. The van der Waals surface area contributed by atoms with Crippen molar-refractivity contribution in [1.29, 1.82) is 0 Å². The summed E-state index contributed by atoms with van der Waals surface area (Å²) in [4.78, 5) is 29.5. The highest BCUT2D eigenvalue weighted by atomic mass is 32.2. The first-order chi connectivity index (χ1) is 13.5. The predicted octanol–water partition coefficient (Wildman–Crippen LogP) is 2.50. The molecule has 0 atom stereocenters. The Hall–Kier alpha value is -2.58. The Labute approximate surface area is 168 Å². The van der Waals surface area contributed by atoms with Crippen LogP contribution in [0.25, 0.3) is 6.08 Å². The van der Waals surface area contributed by atoms with Crippen molar-refractivity contribution in [2.75, 3.05) is 44.3 Å². The van der Waals surface area contributed by atoms with Gasteiger partial charge in [0.05, 0.1) is 6.54 Å². The van der Waals surface area contributed by atoms with Gasteiger partial charge in [0.25, 0.3) is 0 Å². The molecule has 148 valence electrons. The third kappa shape index (κ3) is 5.71. The van der Waals surface area contributed by atoms with Crippen LogP contribution in [0.15, 0.2) is 45.8 Å². The topological polar surface area (TPSA) is 78.7 Å². The van der Waals surface area contributed by atoms with E-state index in [0.29, 0.717) is 37.8 Å². The molecule has 0 saturated carbocycles. The van der Waals surface area contributed by atoms with Crippen LogP contribution in [0.1, 0.15) is 11.3 Å². The molecular formula is C20H24N4O3S. The number of rotatable bonds is 6. The van der Waals surface area contributed by atoms with Crippen molar-refractivity contribution in [3.8, 4) is 0 Å². The summed E-state index contributed by atoms with van der Waals surface area (Å²) in [7, 11) is 0. The second-order valence-electron chi connectivity index (χ2n) is 6.58. The lowest BCUT2D eigenvalue weighted by molar-refractivity contribution is -0.127. The van der Waals surface area contributed by atoms with Gasteiger partial charge in [0.1, 0.15) is 5.76 Å². The Morgan fingerprint density at radius 3 is 2.54 bits per heavy atom. The molecule has 2 aromatic rings. The molecule has 1 N–H and O–H groups in total. The molecule has 0 spiro atoms. The summed E-state index contributed by atoms with van der Waals surface area (Å²) >= 11 is 1.69. The van der Waals surface area contributed by atoms with Crippen LogP contribution < -0.4 is 5.32 Å². The Kier molecular flexibility index (Phi) is 6.89. The number of nitrogens with one attached hydrogen (secondary N) is 1. The average Bonchev–Trinajstić information content (AvgIpc) is 3.11. The lowest BCUT2D eigenvalue weighted by Crippen LogP contribution is -2.50. The quantitative estimate of drug-likeness (QED) is 0.593. The van der Waals surface area contributed by atoms with Crippen LogP contribution in [0.4, 0.5) is 5.82 Å². The molecule has 0 bridgehead atoms. The first kappa shape index (κ1) is 20.2. The second-order valence-corrected chi connectivity index (χ2v) is 7.46. The van der Waals surface area contributed by atoms with Gasteiger partial charge in [-0.1, -0.05) is 17.3 Å². The summed E-state index contributed by atoms with van der Waals surface area (Å²) < 4.78 is 4.93. The van der Waals surface area contributed by atoms with Crippen LogP contribution in [-0.4, -0.2) is 65.8 Å². The molecule has 0 radical (unpaired) electrons. The smallest absolute Gasteiger partial charge is 0.246 e. The molecule has 1 aromatic heterocycles. The van der Waals surface area contributed by atoms with Crippen LogP contribution in [0.2, 0.25) is 0 Å². The van der Waals surface area contributed by atoms with Crippen molar-refractivity contribution in [2.45, 2.75) is 11.8 Å². The Bertz CT molecular complexity index is 839. The van der Waals surface area contributed by atoms with E-state index in [1.165, 1.54) is 4.90 Å². The Morgan fingerprint density at radius 2 is 1.93 bits per heavy atom. The van der Waals surface area contributed by atoms with E-state index in [4.69, 9.17) is 4.52 Å². The van der Waals surface area contributed by atoms with Gasteiger partial charge in [-0.15, -0.1) is 11.8 Å². The number of carbonyl (C=O) groups is 2. The Balaban J connectivity index is 1.43. The molecule has 1 aliphatic rings. The number of hydrogen-bond donors (Lipinski definition) is 1. The van der Waals surface area contributed by atoms with E-state index in [0.717, 1.165) is 5.56 Å². The van der Waals surface area contributed by atoms with Gasteiger partial charge in [0.2, 0.25) is 11.8 Å². The van der Waals surface area contributed by atoms with E-state index in [2.05, 4.69) is 10.5 Å². The van der Waals surface area contributed by atoms with E-state index in [1.54, 1.807) is 30.8 Å². The number of carbonyl (C=O) groups excluding carboxylic acids is 2. The number of aryl methyl sites for hydroxylation is 1. The average molecular weight is 401 g/mol. The maximum absolute atomic E-state index is 12.4. The van der Waals surface area contributed by atoms with Crippen molar-refractivity contribution in [1.82, 2.24) is 15.0 Å². The maximum atomic E-state index is 12.4. The van der Waals surface area contributed by atoms with Gasteiger partial charge in [-0.25, -0.2) is 0 Å². The minimum absolute atomic E-state index is 0.00360. The third-order valence-electron chi connectivity index (χ3n) is 4.48. The highest BCUT2D eigenvalue weighted by molar-refractivity contribution is 7.98. The number of benzene rings is 1. The second kappa shape index (κ2) is 9.57. The van der Waals surface area contributed by atoms with Crippen molar-refractivity contribution < 1.29 is 14.1 Å². The minimum Gasteiger partial charge on any atom is -0.360 e. The van der Waals surface area contributed by atoms with E-state index in [-0.39, 0.29) is 18.4 Å². The molecule has 0 aliphatic carbocycles. The molecule has 7 nitrogen and oxygen atoms in total. The van der Waals surface area contributed by atoms with E-state index >= 15 is 0 Å². The third-order valence-corrected chi connectivity index (χ3v) is 5.22. The zero-order valence-corrected chi connectivity index (χ0v) is 16.9. The molecule has 1 fully saturated rings. The van der Waals surface area contributed by atoms with Crippen molar-refractivity contribution in [2.24, 2.45) is 0 Å². The summed E-state index contributed by atoms with van der Waals surface area (Å²) in [6.45, 7) is 4.56. The number of hydrogen-bond acceptors (Lipinski definition) is 6. The van der Waals surface area contributed by atoms with Crippen LogP contribution in [0.3, 0.4) is 0 Å². The summed E-state index contributed by atoms with van der Waals surface area (Å²) in [5.74, 6) is 0.931. The van der Waals surface area contributed by atoms with Gasteiger partial charge >= 0.3 is 0 Å². The predicted molar refractivity (Wildman–Crippen MR) is 110 cm³/mol. The number of amides is 2. The van der Waals surface area contributed by atoms with Gasteiger partial charge in [-0.2, -0.15) is 0 Å². The van der Waals surface area contributed by atoms with Gasteiger partial charge in [0, 0.05) is 43.2 Å². The van der Waals surface area contributed by atoms with Gasteiger partial charge in [-0.05, 0) is 37.0 Å². The molecule has 1 saturated heterocycles. The van der Waals surface area contributed by atoms with Crippen LogP contribution in [0.5, 0.6) is 0 Å². The van der Waals surface area contributed by atoms with Gasteiger partial charge < -0.3 is 14.7 Å². The Morgan fingerprint density at radius 1 is 1.21 bits per heavy atom. The van der Waals surface area contributed by atoms with Crippen molar-refractivity contribution >= 4 is 35.5 Å². The van der Waals surface area contributed by atoms with Gasteiger partial charge in [0.15, 0.2) is 5.82 Å². The zero-order valence-electron chi connectivity index (χ0n) is 16.1. The number of piperazine rings is 1. The fraction of sp³-hybridized carbons (Fsp3) is 0.350. The summed E-state index contributed by atoms with van der Waals surface area (Å²) in [5.41, 5.74) is 1.00. The highest BCUT2D eigenvalue weighted by Gasteiger charge is 2.21. The molecular weight excluding hydrogens is 376 g/mol. The molecule has 1 aromatic carbocycles. The fourth-order valence-electron chi connectivity index (χ4n) is 2.93. The highest BCUT2D eigenvalue weighted by Crippen LogP contribution is 2.15. The minimum atomic E-state index is -0.137. The first-order valence-corrected chi connectivity index (χ1v) is 10.3. The standard InChI is InChI=1S/C20H24N4O3S/c1-15-13-18(22-27-15)21-19(25)14-23-9-11-24(12-10-23)20(26)8-5-16-3-6-17(28-2)7-4-16/h3-8,13H,9-12,14H2,1-2H3,(H,21,22,25)/b8-5+. The van der Waals surface area contributed by atoms with E-state index in [9.17, 15) is 9.59 Å². The SMILES string of the molecule is CSc1ccc(/C=C/C(=O)N2CCN(CC(=O)Nc3cc(C)on3)CC2)cc1. The van der Waals surface area contributed by atoms with E-state index in [1.807, 2.05) is 46.4 Å². The van der Waals surface area contributed by atoms with Crippen LogP contribution >= 0.6 is 11.8 Å². The number of anilines is 1. The molecule has 3 rings (SSSR count). The van der Waals surface area contributed by atoms with Crippen molar-refractivity contribution in [3.63, 3.8) is 0 Å². The van der Waals surface area contributed by atoms with Crippen LogP contribution in [-0.2, 0) is 9.59 Å². The lowest BCUT2D eigenvalue weighted by atomic mass is 10.2. The molecule has 28 heavy (non-hydrogen) atoms. The lowest BCUT2D eigenvalue weighted by Gasteiger charge is -2.33.